The van der Waals surface area contributed by atoms with Crippen molar-refractivity contribution < 1.29 is 19.0 Å². The molecule has 0 bridgehead atoms. The number of hydrogen-bond acceptors (Lipinski definition) is 4. The molecular formula is C20H24FNO3. The van der Waals surface area contributed by atoms with Crippen molar-refractivity contribution >= 4 is 0 Å². The van der Waals surface area contributed by atoms with Gasteiger partial charge in [-0.3, -0.25) is 4.90 Å². The Morgan fingerprint density at radius 2 is 2.00 bits per heavy atom. The highest BCUT2D eigenvalue weighted by Gasteiger charge is 2.30. The quantitative estimate of drug-likeness (QED) is 0.867. The molecule has 2 atom stereocenters. The van der Waals surface area contributed by atoms with Crippen LogP contribution in [0.15, 0.2) is 42.5 Å². The van der Waals surface area contributed by atoms with Gasteiger partial charge < -0.3 is 14.6 Å². The topological polar surface area (TPSA) is 41.9 Å². The fourth-order valence-corrected chi connectivity index (χ4v) is 3.56. The molecule has 4 nitrogen and oxygen atoms in total. The summed E-state index contributed by atoms with van der Waals surface area (Å²) in [5.74, 6) is 1.21. The van der Waals surface area contributed by atoms with E-state index in [0.717, 1.165) is 36.4 Å². The predicted octanol–water partition coefficient (Wildman–Crippen LogP) is 3.71. The second-order valence-electron chi connectivity index (χ2n) is 6.30. The van der Waals surface area contributed by atoms with E-state index < -0.39 is 6.10 Å². The minimum absolute atomic E-state index is 0.117. The lowest BCUT2D eigenvalue weighted by Crippen LogP contribution is -2.29. The van der Waals surface area contributed by atoms with Crippen LogP contribution in [-0.4, -0.2) is 37.3 Å². The number of methoxy groups -OCH3 is 2. The first-order valence-electron chi connectivity index (χ1n) is 8.52. The molecule has 1 N–H and O–H groups in total. The molecule has 0 aromatic heterocycles. The first kappa shape index (κ1) is 17.7. The Kier molecular flexibility index (Phi) is 5.56. The highest BCUT2D eigenvalue weighted by atomic mass is 19.1. The summed E-state index contributed by atoms with van der Waals surface area (Å²) in [5.41, 5.74) is 1.38. The Hall–Kier alpha value is -2.11. The minimum atomic E-state index is -0.863. The van der Waals surface area contributed by atoms with Crippen LogP contribution in [0.3, 0.4) is 0 Å². The molecule has 5 heteroatoms. The third kappa shape index (κ3) is 3.78. The molecule has 25 heavy (non-hydrogen) atoms. The van der Waals surface area contributed by atoms with E-state index in [9.17, 15) is 9.50 Å². The Labute approximate surface area is 147 Å². The van der Waals surface area contributed by atoms with Crippen LogP contribution in [0.4, 0.5) is 4.39 Å². The molecule has 134 valence electrons. The average Bonchev–Trinajstić information content (AvgIpc) is 3.09. The maximum absolute atomic E-state index is 13.9. The van der Waals surface area contributed by atoms with Crippen LogP contribution in [0.2, 0.25) is 0 Å². The summed E-state index contributed by atoms with van der Waals surface area (Å²) < 4.78 is 24.8. The van der Waals surface area contributed by atoms with Gasteiger partial charge in [-0.05, 0) is 43.7 Å². The van der Waals surface area contributed by atoms with Crippen molar-refractivity contribution in [3.63, 3.8) is 0 Å². The van der Waals surface area contributed by atoms with E-state index in [-0.39, 0.29) is 11.9 Å². The van der Waals surface area contributed by atoms with E-state index in [4.69, 9.17) is 9.47 Å². The number of ether oxygens (including phenoxy) is 2. The lowest BCUT2D eigenvalue weighted by Gasteiger charge is -2.28. The summed E-state index contributed by atoms with van der Waals surface area (Å²) in [4.78, 5) is 2.19. The molecule has 1 aliphatic rings. The van der Waals surface area contributed by atoms with E-state index in [0.29, 0.717) is 12.1 Å². The second kappa shape index (κ2) is 7.85. The SMILES string of the molecule is COc1ccc(OC)c(C2CCCN2CC(O)c2ccccc2F)c1. The van der Waals surface area contributed by atoms with Gasteiger partial charge in [0.1, 0.15) is 17.3 Å². The molecule has 1 heterocycles. The molecular weight excluding hydrogens is 321 g/mol. The van der Waals surface area contributed by atoms with Gasteiger partial charge in [0.2, 0.25) is 0 Å². The summed E-state index contributed by atoms with van der Waals surface area (Å²) in [6.07, 6.45) is 1.13. The van der Waals surface area contributed by atoms with Gasteiger partial charge in [-0.1, -0.05) is 18.2 Å². The lowest BCUT2D eigenvalue weighted by atomic mass is 10.0. The molecule has 1 saturated heterocycles. The number of likely N-dealkylation sites (tertiary alicyclic amines) is 1. The van der Waals surface area contributed by atoms with Gasteiger partial charge in [0.05, 0.1) is 20.3 Å². The Bertz CT molecular complexity index is 722. The summed E-state index contributed by atoms with van der Waals surface area (Å²) in [7, 11) is 3.29. The standard InChI is InChI=1S/C20H24FNO3/c1-24-14-9-10-20(25-2)16(12-14)18-8-5-11-22(18)13-19(23)15-6-3-4-7-17(15)21/h3-4,6-7,9-10,12,18-19,23H,5,8,11,13H2,1-2H3. The van der Waals surface area contributed by atoms with Crippen LogP contribution in [-0.2, 0) is 0 Å². The molecule has 0 spiro atoms. The van der Waals surface area contributed by atoms with Crippen molar-refractivity contribution in [3.05, 3.63) is 59.4 Å². The van der Waals surface area contributed by atoms with Gasteiger partial charge in [-0.15, -0.1) is 0 Å². The number of benzene rings is 2. The smallest absolute Gasteiger partial charge is 0.129 e. The van der Waals surface area contributed by atoms with E-state index in [1.165, 1.54) is 6.07 Å². The third-order valence-electron chi connectivity index (χ3n) is 4.83. The fourth-order valence-electron chi connectivity index (χ4n) is 3.56. The number of rotatable bonds is 6. The molecule has 1 aliphatic heterocycles. The van der Waals surface area contributed by atoms with E-state index in [2.05, 4.69) is 4.90 Å². The molecule has 2 unspecified atom stereocenters. The molecule has 2 aromatic rings. The van der Waals surface area contributed by atoms with Crippen LogP contribution in [0.1, 0.15) is 36.1 Å². The van der Waals surface area contributed by atoms with Crippen molar-refractivity contribution in [2.45, 2.75) is 25.0 Å². The third-order valence-corrected chi connectivity index (χ3v) is 4.83. The van der Waals surface area contributed by atoms with Crippen LogP contribution in [0.25, 0.3) is 0 Å². The van der Waals surface area contributed by atoms with Gasteiger partial charge >= 0.3 is 0 Å². The van der Waals surface area contributed by atoms with E-state index >= 15 is 0 Å². The molecule has 0 aliphatic carbocycles. The summed E-state index contributed by atoms with van der Waals surface area (Å²) >= 11 is 0. The van der Waals surface area contributed by atoms with Crippen LogP contribution in [0, 0.1) is 5.82 Å². The molecule has 0 amide bonds. The van der Waals surface area contributed by atoms with Crippen molar-refractivity contribution in [1.29, 1.82) is 0 Å². The van der Waals surface area contributed by atoms with Crippen molar-refractivity contribution in [2.24, 2.45) is 0 Å². The number of halogens is 1. The number of β-amino-alcohol motifs (C(OH)–C–C–N with tert-alkyl or cyclic N) is 1. The van der Waals surface area contributed by atoms with E-state index in [1.807, 2.05) is 18.2 Å². The first-order chi connectivity index (χ1) is 12.1. The molecule has 2 aromatic carbocycles. The highest BCUT2D eigenvalue weighted by molar-refractivity contribution is 5.42. The van der Waals surface area contributed by atoms with Crippen LogP contribution < -0.4 is 9.47 Å². The van der Waals surface area contributed by atoms with Crippen molar-refractivity contribution in [2.75, 3.05) is 27.3 Å². The number of hydrogen-bond donors (Lipinski definition) is 1. The Morgan fingerprint density at radius 1 is 1.20 bits per heavy atom. The predicted molar refractivity (Wildman–Crippen MR) is 94.5 cm³/mol. The normalized spacial score (nSPS) is 19.0. The summed E-state index contributed by atoms with van der Waals surface area (Å²) in [6.45, 7) is 1.24. The fraction of sp³-hybridized carbons (Fsp3) is 0.400. The monoisotopic (exact) mass is 345 g/mol. The summed E-state index contributed by atoms with van der Waals surface area (Å²) in [6, 6.07) is 12.3. The van der Waals surface area contributed by atoms with Crippen LogP contribution in [0.5, 0.6) is 11.5 Å². The minimum Gasteiger partial charge on any atom is -0.497 e. The first-order valence-corrected chi connectivity index (χ1v) is 8.52. The van der Waals surface area contributed by atoms with Crippen LogP contribution >= 0.6 is 0 Å². The van der Waals surface area contributed by atoms with Gasteiger partial charge in [-0.2, -0.15) is 0 Å². The maximum Gasteiger partial charge on any atom is 0.129 e. The van der Waals surface area contributed by atoms with Crippen molar-refractivity contribution in [3.8, 4) is 11.5 Å². The zero-order valence-electron chi connectivity index (χ0n) is 14.6. The lowest BCUT2D eigenvalue weighted by molar-refractivity contribution is 0.102. The molecule has 0 radical (unpaired) electrons. The van der Waals surface area contributed by atoms with E-state index in [1.54, 1.807) is 32.4 Å². The van der Waals surface area contributed by atoms with Gasteiger partial charge in [-0.25, -0.2) is 4.39 Å². The zero-order valence-corrected chi connectivity index (χ0v) is 14.6. The molecule has 3 rings (SSSR count). The second-order valence-corrected chi connectivity index (χ2v) is 6.30. The number of aliphatic hydroxyl groups excluding tert-OH is 1. The number of aliphatic hydroxyl groups is 1. The zero-order chi connectivity index (χ0) is 17.8. The highest BCUT2D eigenvalue weighted by Crippen LogP contribution is 2.39. The van der Waals surface area contributed by atoms with Gasteiger partial charge in [0.25, 0.3) is 0 Å². The van der Waals surface area contributed by atoms with Gasteiger partial charge in [0, 0.05) is 23.7 Å². The molecule has 0 saturated carbocycles. The Balaban J connectivity index is 1.82. The molecule has 1 fully saturated rings. The maximum atomic E-state index is 13.9. The average molecular weight is 345 g/mol. The van der Waals surface area contributed by atoms with Crippen molar-refractivity contribution in [1.82, 2.24) is 4.90 Å². The Morgan fingerprint density at radius 3 is 2.72 bits per heavy atom. The van der Waals surface area contributed by atoms with Gasteiger partial charge in [0.15, 0.2) is 0 Å². The number of nitrogens with zero attached hydrogens (tertiary/aromatic N) is 1. The largest absolute Gasteiger partial charge is 0.497 e. The summed E-state index contributed by atoms with van der Waals surface area (Å²) in [5, 5.41) is 10.5.